The van der Waals surface area contributed by atoms with Gasteiger partial charge in [0.05, 0.1) is 0 Å². The average Bonchev–Trinajstić information content (AvgIpc) is 2.22. The van der Waals surface area contributed by atoms with Crippen molar-refractivity contribution >= 4 is 19.5 Å². The molecular formula is C11H18ClO3P. The van der Waals surface area contributed by atoms with Gasteiger partial charge in [-0.3, -0.25) is 0 Å². The topological polar surface area (TPSA) is 38.7 Å². The molecule has 1 aromatic carbocycles. The summed E-state index contributed by atoms with van der Waals surface area (Å²) in [6.45, 7) is 4.60. The minimum absolute atomic E-state index is 0.422. The van der Waals surface area contributed by atoms with Crippen LogP contribution in [-0.2, 0) is 15.2 Å². The van der Waals surface area contributed by atoms with Crippen LogP contribution in [0.5, 0.6) is 0 Å². The van der Waals surface area contributed by atoms with Gasteiger partial charge in [0, 0.05) is 0 Å². The number of rotatable bonds is 6. The second kappa shape index (κ2) is 6.53. The molecule has 0 atom stereocenters. The standard InChI is InChI=1S/C11H18ClO3P/c1-3-14-16(13,15-4-2)9-10-5-7-11(12)8-6-10/h5-8,13,16H,3-4,9H2,1-2H3. The maximum absolute atomic E-state index is 10.2. The summed E-state index contributed by atoms with van der Waals surface area (Å²) in [6, 6.07) is 7.34. The predicted molar refractivity (Wildman–Crippen MR) is 68.9 cm³/mol. The zero-order valence-corrected chi connectivity index (χ0v) is 11.3. The van der Waals surface area contributed by atoms with Crippen molar-refractivity contribution in [3.05, 3.63) is 34.9 Å². The quantitative estimate of drug-likeness (QED) is 0.801. The van der Waals surface area contributed by atoms with Crippen molar-refractivity contribution in [3.8, 4) is 0 Å². The first-order valence-corrected chi connectivity index (χ1v) is 7.69. The van der Waals surface area contributed by atoms with Crippen LogP contribution in [0.3, 0.4) is 0 Å². The Hall–Kier alpha value is -0.180. The molecule has 5 heteroatoms. The summed E-state index contributed by atoms with van der Waals surface area (Å²) in [7, 11) is -3.05. The van der Waals surface area contributed by atoms with Crippen LogP contribution in [0.4, 0.5) is 0 Å². The molecule has 1 N–H and O–H groups in total. The molecule has 0 amide bonds. The van der Waals surface area contributed by atoms with Gasteiger partial charge < -0.3 is 0 Å². The third-order valence-electron chi connectivity index (χ3n) is 2.08. The molecule has 0 spiro atoms. The van der Waals surface area contributed by atoms with E-state index in [0.717, 1.165) is 5.56 Å². The van der Waals surface area contributed by atoms with Gasteiger partial charge in [0.25, 0.3) is 0 Å². The molecule has 0 aromatic heterocycles. The normalized spacial score (nSPS) is 12.8. The molecule has 16 heavy (non-hydrogen) atoms. The predicted octanol–water partition coefficient (Wildman–Crippen LogP) is 3.40. The van der Waals surface area contributed by atoms with Crippen molar-refractivity contribution < 1.29 is 13.9 Å². The molecule has 0 radical (unpaired) electrons. The van der Waals surface area contributed by atoms with Gasteiger partial charge in [-0.25, -0.2) is 0 Å². The van der Waals surface area contributed by atoms with Crippen LogP contribution in [0.15, 0.2) is 24.3 Å². The van der Waals surface area contributed by atoms with E-state index < -0.39 is 7.94 Å². The van der Waals surface area contributed by atoms with E-state index >= 15 is 0 Å². The molecule has 0 fully saturated rings. The summed E-state index contributed by atoms with van der Waals surface area (Å²) in [5.74, 6) is 0. The molecule has 1 aromatic rings. The molecule has 0 heterocycles. The number of hydrogen-bond donors (Lipinski definition) is 1. The Morgan fingerprint density at radius 1 is 1.12 bits per heavy atom. The van der Waals surface area contributed by atoms with Gasteiger partial charge in [0.15, 0.2) is 0 Å². The van der Waals surface area contributed by atoms with E-state index in [1.165, 1.54) is 0 Å². The van der Waals surface area contributed by atoms with Gasteiger partial charge in [0.2, 0.25) is 0 Å². The van der Waals surface area contributed by atoms with Gasteiger partial charge in [-0.15, -0.1) is 0 Å². The molecule has 92 valence electrons. The SMILES string of the molecule is CCO[PH](O)(Cc1ccc(Cl)cc1)OCC. The summed E-state index contributed by atoms with van der Waals surface area (Å²) < 4.78 is 10.7. The van der Waals surface area contributed by atoms with Crippen molar-refractivity contribution in [1.82, 2.24) is 0 Å². The first-order chi connectivity index (χ1) is 7.59. The van der Waals surface area contributed by atoms with Crippen molar-refractivity contribution in [2.24, 2.45) is 0 Å². The first-order valence-electron chi connectivity index (χ1n) is 5.34. The van der Waals surface area contributed by atoms with Gasteiger partial charge >= 0.3 is 102 Å². The Bertz CT molecular complexity index is 310. The third-order valence-corrected chi connectivity index (χ3v) is 4.67. The van der Waals surface area contributed by atoms with Crippen molar-refractivity contribution in [2.45, 2.75) is 20.0 Å². The summed E-state index contributed by atoms with van der Waals surface area (Å²) in [4.78, 5) is 10.2. The second-order valence-electron chi connectivity index (χ2n) is 3.38. The Morgan fingerprint density at radius 2 is 1.62 bits per heavy atom. The molecule has 0 aliphatic rings. The molecule has 0 saturated carbocycles. The minimum atomic E-state index is -3.05. The van der Waals surface area contributed by atoms with E-state index in [2.05, 4.69) is 0 Å². The Labute approximate surface area is 102 Å². The van der Waals surface area contributed by atoms with Crippen molar-refractivity contribution in [1.29, 1.82) is 0 Å². The number of hydrogen-bond acceptors (Lipinski definition) is 3. The molecule has 0 bridgehead atoms. The Balaban J connectivity index is 2.70. The van der Waals surface area contributed by atoms with E-state index in [4.69, 9.17) is 20.6 Å². The molecular weight excluding hydrogens is 247 g/mol. The first kappa shape index (κ1) is 13.9. The molecule has 0 saturated heterocycles. The summed E-state index contributed by atoms with van der Waals surface area (Å²) in [5.41, 5.74) is 0.973. The fraction of sp³-hybridized carbons (Fsp3) is 0.455. The molecule has 0 aliphatic heterocycles. The van der Waals surface area contributed by atoms with E-state index in [1.807, 2.05) is 26.0 Å². The zero-order chi connectivity index (χ0) is 12.0. The van der Waals surface area contributed by atoms with Crippen LogP contribution in [-0.4, -0.2) is 18.1 Å². The van der Waals surface area contributed by atoms with Crippen LogP contribution >= 0.6 is 19.5 Å². The number of halogens is 1. The Kier molecular flexibility index (Phi) is 5.67. The Morgan fingerprint density at radius 3 is 2.06 bits per heavy atom. The summed E-state index contributed by atoms with van der Waals surface area (Å²) in [6.07, 6.45) is 0.422. The fourth-order valence-electron chi connectivity index (χ4n) is 1.46. The second-order valence-corrected chi connectivity index (χ2v) is 6.17. The van der Waals surface area contributed by atoms with Crippen LogP contribution in [0.1, 0.15) is 19.4 Å². The van der Waals surface area contributed by atoms with Crippen LogP contribution < -0.4 is 0 Å². The van der Waals surface area contributed by atoms with Gasteiger partial charge in [0.1, 0.15) is 0 Å². The molecule has 1 rings (SSSR count). The molecule has 0 unspecified atom stereocenters. The van der Waals surface area contributed by atoms with Crippen LogP contribution in [0.25, 0.3) is 0 Å². The van der Waals surface area contributed by atoms with E-state index in [-0.39, 0.29) is 0 Å². The fourth-order valence-corrected chi connectivity index (χ4v) is 3.52. The maximum atomic E-state index is 10.2. The van der Waals surface area contributed by atoms with Crippen molar-refractivity contribution in [2.75, 3.05) is 13.2 Å². The monoisotopic (exact) mass is 264 g/mol. The summed E-state index contributed by atoms with van der Waals surface area (Å²) in [5, 5.41) is 0.682. The van der Waals surface area contributed by atoms with E-state index in [1.54, 1.807) is 12.1 Å². The van der Waals surface area contributed by atoms with Gasteiger partial charge in [-0.1, -0.05) is 0 Å². The molecule has 3 nitrogen and oxygen atoms in total. The van der Waals surface area contributed by atoms with Gasteiger partial charge in [-0.05, 0) is 0 Å². The summed E-state index contributed by atoms with van der Waals surface area (Å²) >= 11 is 5.79. The average molecular weight is 265 g/mol. The van der Waals surface area contributed by atoms with E-state index in [9.17, 15) is 4.89 Å². The van der Waals surface area contributed by atoms with Crippen molar-refractivity contribution in [3.63, 3.8) is 0 Å². The number of benzene rings is 1. The van der Waals surface area contributed by atoms with Gasteiger partial charge in [-0.2, -0.15) is 0 Å². The molecule has 0 aliphatic carbocycles. The zero-order valence-electron chi connectivity index (χ0n) is 9.57. The van der Waals surface area contributed by atoms with Crippen LogP contribution in [0, 0.1) is 0 Å². The van der Waals surface area contributed by atoms with E-state index in [0.29, 0.717) is 24.4 Å². The third kappa shape index (κ3) is 4.36. The van der Waals surface area contributed by atoms with Crippen LogP contribution in [0.2, 0.25) is 5.02 Å².